The van der Waals surface area contributed by atoms with Gasteiger partial charge >= 0.3 is 0 Å². The molecule has 0 saturated heterocycles. The lowest BCUT2D eigenvalue weighted by Crippen LogP contribution is -2.03. The number of anilines is 1. The Labute approximate surface area is 162 Å². The van der Waals surface area contributed by atoms with Crippen molar-refractivity contribution in [2.24, 2.45) is 0 Å². The molecule has 0 fully saturated rings. The molecule has 0 unspecified atom stereocenters. The molecule has 27 heavy (non-hydrogen) atoms. The second-order valence-electron chi connectivity index (χ2n) is 6.15. The summed E-state index contributed by atoms with van der Waals surface area (Å²) in [7, 11) is 0. The van der Waals surface area contributed by atoms with Gasteiger partial charge in [0.2, 0.25) is 11.8 Å². The lowest BCUT2D eigenvalue weighted by Gasteiger charge is -2.10. The summed E-state index contributed by atoms with van der Waals surface area (Å²) < 4.78 is 5.76. The fourth-order valence-electron chi connectivity index (χ4n) is 2.90. The van der Waals surface area contributed by atoms with Crippen LogP contribution in [-0.2, 0) is 13.0 Å². The molecule has 0 bridgehead atoms. The van der Waals surface area contributed by atoms with Gasteiger partial charge in [0, 0.05) is 5.69 Å². The van der Waals surface area contributed by atoms with E-state index < -0.39 is 0 Å². The van der Waals surface area contributed by atoms with Gasteiger partial charge in [-0.3, -0.25) is 0 Å². The first-order valence-electron chi connectivity index (χ1n) is 8.72. The van der Waals surface area contributed by atoms with Crippen molar-refractivity contribution in [1.29, 1.82) is 0 Å². The van der Waals surface area contributed by atoms with E-state index in [1.165, 1.54) is 11.1 Å². The van der Waals surface area contributed by atoms with Gasteiger partial charge in [0.1, 0.15) is 0 Å². The second-order valence-corrected chi connectivity index (χ2v) is 6.56. The third kappa shape index (κ3) is 4.18. The third-order valence-corrected chi connectivity index (χ3v) is 4.59. The number of rotatable bonds is 6. The summed E-state index contributed by atoms with van der Waals surface area (Å²) >= 11 is 6.20. The van der Waals surface area contributed by atoms with Crippen molar-refractivity contribution in [3.8, 4) is 11.5 Å². The molecular weight excluding hydrogens is 358 g/mol. The molecule has 0 spiro atoms. The Hall–Kier alpha value is -3.11. The molecule has 1 N–H and O–H groups in total. The number of nitrogens with zero attached hydrogens (tertiary/aromatic N) is 2. The van der Waals surface area contributed by atoms with Gasteiger partial charge in [-0.05, 0) is 35.7 Å². The molecule has 0 radical (unpaired) electrons. The van der Waals surface area contributed by atoms with Crippen LogP contribution in [0.25, 0.3) is 11.5 Å². The first-order valence-corrected chi connectivity index (χ1v) is 9.10. The number of aromatic nitrogens is 2. The van der Waals surface area contributed by atoms with E-state index in [0.29, 0.717) is 23.3 Å². The van der Waals surface area contributed by atoms with Crippen LogP contribution in [0.3, 0.4) is 0 Å². The van der Waals surface area contributed by atoms with Crippen LogP contribution in [0, 0.1) is 0 Å². The molecule has 134 valence electrons. The smallest absolute Gasteiger partial charge is 0.249 e. The maximum atomic E-state index is 6.20. The summed E-state index contributed by atoms with van der Waals surface area (Å²) in [6.07, 6.45) is 0.860. The quantitative estimate of drug-likeness (QED) is 0.477. The van der Waals surface area contributed by atoms with E-state index in [0.717, 1.165) is 17.7 Å². The molecule has 0 aliphatic rings. The minimum atomic E-state index is 0.426. The fraction of sp³-hybridized carbons (Fsp3) is 0.0909. The zero-order valence-corrected chi connectivity index (χ0v) is 15.4. The summed E-state index contributed by atoms with van der Waals surface area (Å²) in [6, 6.07) is 26.1. The highest BCUT2D eigenvalue weighted by Crippen LogP contribution is 2.26. The van der Waals surface area contributed by atoms with Crippen molar-refractivity contribution in [3.63, 3.8) is 0 Å². The maximum absolute atomic E-state index is 6.20. The van der Waals surface area contributed by atoms with Crippen molar-refractivity contribution in [1.82, 2.24) is 10.2 Å². The predicted octanol–water partition coefficient (Wildman–Crippen LogP) is 5.59. The van der Waals surface area contributed by atoms with E-state index in [4.69, 9.17) is 16.0 Å². The van der Waals surface area contributed by atoms with Crippen molar-refractivity contribution in [2.45, 2.75) is 13.0 Å². The Morgan fingerprint density at radius 3 is 2.41 bits per heavy atom. The molecule has 1 heterocycles. The third-order valence-electron chi connectivity index (χ3n) is 4.26. The van der Waals surface area contributed by atoms with Crippen LogP contribution in [0.5, 0.6) is 0 Å². The van der Waals surface area contributed by atoms with Crippen LogP contribution in [0.15, 0.2) is 83.3 Å². The largest absolute Gasteiger partial charge is 0.419 e. The monoisotopic (exact) mass is 375 g/mol. The van der Waals surface area contributed by atoms with Crippen LogP contribution in [0.1, 0.15) is 17.0 Å². The topological polar surface area (TPSA) is 51.0 Å². The number of hydrogen-bond donors (Lipinski definition) is 1. The van der Waals surface area contributed by atoms with Crippen LogP contribution >= 0.6 is 11.6 Å². The Bertz CT molecular complexity index is 1030. The second kappa shape index (κ2) is 8.06. The molecule has 0 saturated carbocycles. The first kappa shape index (κ1) is 17.3. The molecule has 0 aliphatic heterocycles. The van der Waals surface area contributed by atoms with Gasteiger partial charge in [-0.15, -0.1) is 10.2 Å². The van der Waals surface area contributed by atoms with Gasteiger partial charge in [-0.25, -0.2) is 0 Å². The molecule has 0 amide bonds. The molecule has 0 atom stereocenters. The van der Waals surface area contributed by atoms with Gasteiger partial charge in [0.25, 0.3) is 0 Å². The summed E-state index contributed by atoms with van der Waals surface area (Å²) in [6.45, 7) is 0.448. The minimum absolute atomic E-state index is 0.426. The van der Waals surface area contributed by atoms with Crippen molar-refractivity contribution in [3.05, 3.63) is 101 Å². The number of halogens is 1. The Morgan fingerprint density at radius 2 is 1.56 bits per heavy atom. The lowest BCUT2D eigenvalue weighted by atomic mass is 10.0. The molecule has 4 aromatic rings. The van der Waals surface area contributed by atoms with Crippen molar-refractivity contribution in [2.75, 3.05) is 5.32 Å². The summed E-state index contributed by atoms with van der Waals surface area (Å²) in [5.74, 6) is 0.939. The molecule has 4 rings (SSSR count). The van der Waals surface area contributed by atoms with E-state index in [-0.39, 0.29) is 0 Å². The predicted molar refractivity (Wildman–Crippen MR) is 108 cm³/mol. The van der Waals surface area contributed by atoms with Crippen molar-refractivity contribution >= 4 is 17.3 Å². The van der Waals surface area contributed by atoms with Gasteiger partial charge < -0.3 is 9.73 Å². The van der Waals surface area contributed by atoms with E-state index in [1.54, 1.807) is 6.07 Å². The van der Waals surface area contributed by atoms with Crippen LogP contribution in [-0.4, -0.2) is 10.2 Å². The van der Waals surface area contributed by atoms with E-state index in [9.17, 15) is 0 Å². The van der Waals surface area contributed by atoms with Gasteiger partial charge in [0.05, 0.1) is 17.1 Å². The Morgan fingerprint density at radius 1 is 0.815 bits per heavy atom. The minimum Gasteiger partial charge on any atom is -0.419 e. The molecular formula is C22H18ClN3O. The van der Waals surface area contributed by atoms with E-state index in [2.05, 4.69) is 51.9 Å². The highest BCUT2D eigenvalue weighted by molar-refractivity contribution is 6.33. The van der Waals surface area contributed by atoms with Crippen LogP contribution in [0.2, 0.25) is 5.02 Å². The fourth-order valence-corrected chi connectivity index (χ4v) is 3.12. The average Bonchev–Trinajstić information content (AvgIpc) is 3.17. The van der Waals surface area contributed by atoms with Gasteiger partial charge in [0.15, 0.2) is 0 Å². The summed E-state index contributed by atoms with van der Waals surface area (Å²) in [5, 5.41) is 12.2. The van der Waals surface area contributed by atoms with Gasteiger partial charge in [-0.2, -0.15) is 0 Å². The lowest BCUT2D eigenvalue weighted by molar-refractivity contribution is 0.515. The normalized spacial score (nSPS) is 10.7. The molecule has 0 aliphatic carbocycles. The molecule has 3 aromatic carbocycles. The summed E-state index contributed by atoms with van der Waals surface area (Å²) in [5.41, 5.74) is 4.28. The van der Waals surface area contributed by atoms with Crippen LogP contribution in [0.4, 0.5) is 5.69 Å². The zero-order valence-electron chi connectivity index (χ0n) is 14.6. The van der Waals surface area contributed by atoms with E-state index in [1.807, 2.05) is 36.4 Å². The Balaban J connectivity index is 1.48. The summed E-state index contributed by atoms with van der Waals surface area (Å²) in [4.78, 5) is 0. The highest BCUT2D eigenvalue weighted by Gasteiger charge is 2.12. The standard InChI is InChI=1S/C22H18ClN3O/c23-19-12-6-5-11-18(19)22-26-25-21(27-22)15-24-20-13-7-4-10-17(20)14-16-8-2-1-3-9-16/h1-13,24H,14-15H2. The Kier molecular flexibility index (Phi) is 5.17. The molecule has 5 heteroatoms. The molecule has 1 aromatic heterocycles. The number of hydrogen-bond acceptors (Lipinski definition) is 4. The molecule has 4 nitrogen and oxygen atoms in total. The van der Waals surface area contributed by atoms with E-state index >= 15 is 0 Å². The highest BCUT2D eigenvalue weighted by atomic mass is 35.5. The number of benzene rings is 3. The first-order chi connectivity index (χ1) is 13.3. The zero-order chi connectivity index (χ0) is 18.5. The number of para-hydroxylation sites is 1. The average molecular weight is 376 g/mol. The van der Waals surface area contributed by atoms with Crippen LogP contribution < -0.4 is 5.32 Å². The number of nitrogens with one attached hydrogen (secondary N) is 1. The van der Waals surface area contributed by atoms with Gasteiger partial charge in [-0.1, -0.05) is 72.3 Å². The maximum Gasteiger partial charge on any atom is 0.249 e. The SMILES string of the molecule is Clc1ccccc1-c1nnc(CNc2ccccc2Cc2ccccc2)o1. The van der Waals surface area contributed by atoms with Crippen molar-refractivity contribution < 1.29 is 4.42 Å².